The molecule has 1 fully saturated rings. The van der Waals surface area contributed by atoms with E-state index in [-0.39, 0.29) is 36.6 Å². The Hall–Kier alpha value is -0.940. The number of carbonyl (C=O) groups is 1. The zero-order valence-electron chi connectivity index (χ0n) is 16.5. The molecule has 1 aliphatic rings. The minimum atomic E-state index is -4.18. The molecule has 1 heterocycles. The molecule has 0 unspecified atom stereocenters. The van der Waals surface area contributed by atoms with Crippen molar-refractivity contribution in [2.24, 2.45) is 10.9 Å². The number of alkyl halides is 3. The maximum Gasteiger partial charge on any atom is 0.410 e. The van der Waals surface area contributed by atoms with Crippen LogP contribution in [0.1, 0.15) is 47.0 Å². The number of halogens is 4. The van der Waals surface area contributed by atoms with E-state index in [1.165, 1.54) is 0 Å². The van der Waals surface area contributed by atoms with Gasteiger partial charge in [-0.15, -0.1) is 24.0 Å². The topological polar surface area (TPSA) is 66.0 Å². The third kappa shape index (κ3) is 12.2. The molecule has 0 aliphatic carbocycles. The van der Waals surface area contributed by atoms with E-state index in [0.717, 1.165) is 12.8 Å². The number of hydrogen-bond donors (Lipinski definition) is 2. The minimum absolute atomic E-state index is 0. The average molecular weight is 508 g/mol. The van der Waals surface area contributed by atoms with Crippen LogP contribution in [0.3, 0.4) is 0 Å². The lowest BCUT2D eigenvalue weighted by Gasteiger charge is -2.33. The van der Waals surface area contributed by atoms with Gasteiger partial charge in [0.2, 0.25) is 0 Å². The summed E-state index contributed by atoms with van der Waals surface area (Å²) in [5.41, 5.74) is -0.513. The second kappa shape index (κ2) is 11.8. The van der Waals surface area contributed by atoms with Crippen molar-refractivity contribution >= 4 is 36.0 Å². The summed E-state index contributed by atoms with van der Waals surface area (Å²) in [5, 5.41) is 5.65. The van der Waals surface area contributed by atoms with Crippen molar-refractivity contribution in [3.8, 4) is 0 Å². The average Bonchev–Trinajstić information content (AvgIpc) is 2.50. The zero-order valence-corrected chi connectivity index (χ0v) is 18.8. The quantitative estimate of drug-likeness (QED) is 0.337. The molecule has 1 aliphatic heterocycles. The molecule has 0 radical (unpaired) electrons. The molecular weight excluding hydrogens is 476 g/mol. The van der Waals surface area contributed by atoms with Crippen LogP contribution in [0.4, 0.5) is 18.0 Å². The highest BCUT2D eigenvalue weighted by molar-refractivity contribution is 14.0. The molecule has 0 bridgehead atoms. The Labute approximate surface area is 176 Å². The summed E-state index contributed by atoms with van der Waals surface area (Å²) in [5.74, 6) is 0.693. The Morgan fingerprint density at radius 2 is 1.78 bits per heavy atom. The molecule has 0 aromatic carbocycles. The molecular formula is C17H32F3IN4O2. The summed E-state index contributed by atoms with van der Waals surface area (Å²) in [6, 6.07) is 0. The van der Waals surface area contributed by atoms with Gasteiger partial charge in [-0.05, 0) is 46.5 Å². The Kier molecular flexibility index (Phi) is 11.4. The maximum atomic E-state index is 12.2. The molecule has 10 heteroatoms. The van der Waals surface area contributed by atoms with Gasteiger partial charge in [-0.2, -0.15) is 13.2 Å². The van der Waals surface area contributed by atoms with Crippen LogP contribution in [0.5, 0.6) is 0 Å². The van der Waals surface area contributed by atoms with Crippen LogP contribution in [-0.4, -0.2) is 61.5 Å². The summed E-state index contributed by atoms with van der Waals surface area (Å²) in [4.78, 5) is 18.1. The fourth-order valence-electron chi connectivity index (χ4n) is 2.51. The van der Waals surface area contributed by atoms with E-state index in [0.29, 0.717) is 38.1 Å². The molecule has 1 saturated heterocycles. The normalized spacial score (nSPS) is 16.6. The number of rotatable bonds is 5. The van der Waals surface area contributed by atoms with Gasteiger partial charge in [0.15, 0.2) is 5.96 Å². The van der Waals surface area contributed by atoms with Crippen molar-refractivity contribution in [3.05, 3.63) is 0 Å². The van der Waals surface area contributed by atoms with Crippen molar-refractivity contribution in [3.63, 3.8) is 0 Å². The van der Waals surface area contributed by atoms with Gasteiger partial charge < -0.3 is 20.3 Å². The summed E-state index contributed by atoms with van der Waals surface area (Å²) >= 11 is 0. The van der Waals surface area contributed by atoms with E-state index in [1.807, 2.05) is 27.7 Å². The van der Waals surface area contributed by atoms with Gasteiger partial charge >= 0.3 is 12.3 Å². The van der Waals surface area contributed by atoms with Gasteiger partial charge in [0.25, 0.3) is 0 Å². The fourth-order valence-corrected chi connectivity index (χ4v) is 2.51. The molecule has 0 atom stereocenters. The van der Waals surface area contributed by atoms with E-state index in [9.17, 15) is 18.0 Å². The van der Waals surface area contributed by atoms with Crippen molar-refractivity contribution in [1.82, 2.24) is 15.5 Å². The highest BCUT2D eigenvalue weighted by atomic mass is 127. The molecule has 0 aromatic rings. The number of nitrogens with zero attached hydrogens (tertiary/aromatic N) is 2. The third-order valence-electron chi connectivity index (χ3n) is 3.82. The minimum Gasteiger partial charge on any atom is -0.444 e. The standard InChI is InChI=1S/C17H31F3N4O2.HI/c1-5-21-14(22-9-8-17(18,19)20)23-12-13-6-10-24(11-7-13)15(25)26-16(2,3)4;/h13H,5-12H2,1-4H3,(H2,21,22,23);1H. The van der Waals surface area contributed by atoms with Gasteiger partial charge in [0.1, 0.15) is 5.60 Å². The largest absolute Gasteiger partial charge is 0.444 e. The molecule has 0 saturated carbocycles. The summed E-state index contributed by atoms with van der Waals surface area (Å²) in [6.07, 6.45) is -3.79. The second-order valence-corrected chi connectivity index (χ2v) is 7.42. The smallest absolute Gasteiger partial charge is 0.410 e. The van der Waals surface area contributed by atoms with Gasteiger partial charge in [-0.25, -0.2) is 4.79 Å². The number of carbonyl (C=O) groups excluding carboxylic acids is 1. The number of piperidine rings is 1. The van der Waals surface area contributed by atoms with Gasteiger partial charge in [-0.1, -0.05) is 0 Å². The van der Waals surface area contributed by atoms with Gasteiger partial charge in [-0.3, -0.25) is 4.99 Å². The molecule has 27 heavy (non-hydrogen) atoms. The lowest BCUT2D eigenvalue weighted by atomic mass is 9.97. The number of ether oxygens (including phenoxy) is 1. The van der Waals surface area contributed by atoms with Gasteiger partial charge in [0, 0.05) is 32.7 Å². The van der Waals surface area contributed by atoms with Crippen molar-refractivity contribution in [2.45, 2.75) is 58.7 Å². The van der Waals surface area contributed by atoms with Crippen LogP contribution in [0, 0.1) is 5.92 Å². The van der Waals surface area contributed by atoms with Crippen LogP contribution >= 0.6 is 24.0 Å². The summed E-state index contributed by atoms with van der Waals surface area (Å²) < 4.78 is 42.1. The van der Waals surface area contributed by atoms with E-state index in [1.54, 1.807) is 4.90 Å². The van der Waals surface area contributed by atoms with Crippen molar-refractivity contribution < 1.29 is 22.7 Å². The Morgan fingerprint density at radius 1 is 1.19 bits per heavy atom. The Balaban J connectivity index is 0.00000676. The van der Waals surface area contributed by atoms with Crippen LogP contribution in [0.15, 0.2) is 4.99 Å². The van der Waals surface area contributed by atoms with E-state index in [2.05, 4.69) is 15.6 Å². The molecule has 160 valence electrons. The maximum absolute atomic E-state index is 12.2. The monoisotopic (exact) mass is 508 g/mol. The highest BCUT2D eigenvalue weighted by Gasteiger charge is 2.27. The number of aliphatic imine (C=N–C) groups is 1. The second-order valence-electron chi connectivity index (χ2n) is 7.42. The first-order valence-electron chi connectivity index (χ1n) is 9.07. The fraction of sp³-hybridized carbons (Fsp3) is 0.882. The number of hydrogen-bond acceptors (Lipinski definition) is 3. The Morgan fingerprint density at radius 3 is 2.26 bits per heavy atom. The van der Waals surface area contributed by atoms with Crippen LogP contribution in [-0.2, 0) is 4.74 Å². The SMILES string of the molecule is CCNC(=NCC1CCN(C(=O)OC(C)(C)C)CC1)NCCC(F)(F)F.I. The highest BCUT2D eigenvalue weighted by Crippen LogP contribution is 2.20. The number of guanidine groups is 1. The number of nitrogens with one attached hydrogen (secondary N) is 2. The molecule has 1 amide bonds. The predicted molar refractivity (Wildman–Crippen MR) is 111 cm³/mol. The summed E-state index contributed by atoms with van der Waals surface area (Å²) in [7, 11) is 0. The first-order chi connectivity index (χ1) is 12.0. The Bertz CT molecular complexity index is 474. The van der Waals surface area contributed by atoms with Crippen LogP contribution in [0.25, 0.3) is 0 Å². The first-order valence-corrected chi connectivity index (χ1v) is 9.07. The van der Waals surface area contributed by atoms with Crippen LogP contribution < -0.4 is 10.6 Å². The molecule has 2 N–H and O–H groups in total. The lowest BCUT2D eigenvalue weighted by Crippen LogP contribution is -2.42. The van der Waals surface area contributed by atoms with Gasteiger partial charge in [0.05, 0.1) is 6.42 Å². The van der Waals surface area contributed by atoms with Crippen molar-refractivity contribution in [2.75, 3.05) is 32.7 Å². The third-order valence-corrected chi connectivity index (χ3v) is 3.82. The lowest BCUT2D eigenvalue weighted by molar-refractivity contribution is -0.132. The van der Waals surface area contributed by atoms with Crippen LogP contribution in [0.2, 0.25) is 0 Å². The molecule has 6 nitrogen and oxygen atoms in total. The molecule has 0 spiro atoms. The first kappa shape index (κ1) is 26.1. The zero-order chi connectivity index (χ0) is 19.8. The molecule has 0 aromatic heterocycles. The van der Waals surface area contributed by atoms with E-state index in [4.69, 9.17) is 4.74 Å². The number of likely N-dealkylation sites (tertiary alicyclic amines) is 1. The number of amides is 1. The van der Waals surface area contributed by atoms with E-state index >= 15 is 0 Å². The summed E-state index contributed by atoms with van der Waals surface area (Å²) in [6.45, 7) is 9.46. The van der Waals surface area contributed by atoms with Crippen molar-refractivity contribution in [1.29, 1.82) is 0 Å². The predicted octanol–water partition coefficient (Wildman–Crippen LogP) is 3.76. The van der Waals surface area contributed by atoms with E-state index < -0.39 is 18.2 Å². The molecule has 1 rings (SSSR count).